The highest BCUT2D eigenvalue weighted by Crippen LogP contribution is 2.68. The molecule has 0 amide bonds. The monoisotopic (exact) mass is 590 g/mol. The van der Waals surface area contributed by atoms with Gasteiger partial charge in [-0.05, 0) is 109 Å². The van der Waals surface area contributed by atoms with Crippen molar-refractivity contribution in [3.05, 3.63) is 60.7 Å². The standard InChI is InChI=1S/C37H54O4Si/c1-25(39)31-18-19-32-30-17-16-26-22-27(20-21-36(26,5)33(30)23-34(40)37(31,32)24-38)41-42(35(2,3)4,28-12-8-6-9-13-28)29-14-10-7-11-15-29/h6-15,25-27,30-34,38-40H,16-24H2,1-5H3/t25-,26+,27+,30+,31-,32+,33+,34-,36+,37-/m1/s1. The molecule has 3 N–H and O–H groups in total. The Morgan fingerprint density at radius 2 is 1.50 bits per heavy atom. The Hall–Kier alpha value is -1.50. The number of rotatable bonds is 6. The molecule has 0 heterocycles. The second-order valence-electron chi connectivity index (χ2n) is 15.8. The fourth-order valence-electron chi connectivity index (χ4n) is 11.1. The van der Waals surface area contributed by atoms with Crippen molar-refractivity contribution in [2.24, 2.45) is 40.4 Å². The Bertz CT molecular complexity index is 1170. The van der Waals surface area contributed by atoms with Crippen molar-refractivity contribution in [3.63, 3.8) is 0 Å². The van der Waals surface area contributed by atoms with Crippen LogP contribution < -0.4 is 10.4 Å². The largest absolute Gasteiger partial charge is 0.404 e. The van der Waals surface area contributed by atoms with Crippen LogP contribution in [0.5, 0.6) is 0 Å². The molecule has 2 aromatic carbocycles. The lowest BCUT2D eigenvalue weighted by molar-refractivity contribution is -0.196. The van der Waals surface area contributed by atoms with Gasteiger partial charge in [0, 0.05) is 11.5 Å². The molecule has 4 saturated carbocycles. The van der Waals surface area contributed by atoms with E-state index in [9.17, 15) is 15.3 Å². The molecule has 2 aromatic rings. The Labute approximate surface area is 255 Å². The normalized spacial score (nSPS) is 39.2. The topological polar surface area (TPSA) is 69.9 Å². The summed E-state index contributed by atoms with van der Waals surface area (Å²) in [5, 5.41) is 35.8. The predicted octanol–water partition coefficient (Wildman–Crippen LogP) is 5.91. The van der Waals surface area contributed by atoms with Gasteiger partial charge >= 0.3 is 0 Å². The molecule has 6 rings (SSSR count). The summed E-state index contributed by atoms with van der Waals surface area (Å²) in [6, 6.07) is 22.1. The number of hydrogen-bond acceptors (Lipinski definition) is 4. The fraction of sp³-hybridized carbons (Fsp3) is 0.676. The first-order valence-corrected chi connectivity index (χ1v) is 18.7. The average Bonchev–Trinajstić information content (AvgIpc) is 3.39. The van der Waals surface area contributed by atoms with Crippen LogP contribution in [0.1, 0.15) is 86.0 Å². The molecule has 0 radical (unpaired) electrons. The first-order valence-electron chi connectivity index (χ1n) is 16.7. The van der Waals surface area contributed by atoms with Gasteiger partial charge in [-0.15, -0.1) is 0 Å². The highest BCUT2D eigenvalue weighted by atomic mass is 28.4. The maximum Gasteiger partial charge on any atom is 0.261 e. The number of benzene rings is 2. The molecule has 0 aromatic heterocycles. The van der Waals surface area contributed by atoms with Crippen molar-refractivity contribution in [1.82, 2.24) is 0 Å². The maximum atomic E-state index is 11.7. The molecule has 4 aliphatic rings. The SMILES string of the molecule is C[C@@H](O)[C@H]1CC[C@H]2[C@@H]3CC[C@H]4C[C@@H](O[Si](c5ccccc5)(c5ccccc5)C(C)(C)C)CC[C@]4(C)[C@H]3C[C@@H](O)[C@]12CO. The van der Waals surface area contributed by atoms with Crippen LogP contribution in [0, 0.1) is 40.4 Å². The van der Waals surface area contributed by atoms with Gasteiger partial charge in [-0.3, -0.25) is 0 Å². The minimum Gasteiger partial charge on any atom is -0.404 e. The van der Waals surface area contributed by atoms with E-state index in [-0.39, 0.29) is 29.1 Å². The molecule has 10 atom stereocenters. The predicted molar refractivity (Wildman–Crippen MR) is 172 cm³/mol. The Morgan fingerprint density at radius 1 is 0.881 bits per heavy atom. The van der Waals surface area contributed by atoms with Crippen molar-refractivity contribution in [2.45, 2.75) is 109 Å². The summed E-state index contributed by atoms with van der Waals surface area (Å²) in [6.45, 7) is 11.5. The third kappa shape index (κ3) is 4.51. The minimum atomic E-state index is -2.61. The Kier molecular flexibility index (Phi) is 8.09. The second kappa shape index (κ2) is 11.1. The third-order valence-electron chi connectivity index (χ3n) is 13.1. The molecule has 230 valence electrons. The molecular formula is C37H54O4Si. The van der Waals surface area contributed by atoms with Crippen molar-refractivity contribution < 1.29 is 19.7 Å². The number of aliphatic hydroxyl groups is 3. The molecule has 0 aliphatic heterocycles. The summed E-state index contributed by atoms with van der Waals surface area (Å²) in [4.78, 5) is 0. The van der Waals surface area contributed by atoms with E-state index in [1.807, 2.05) is 6.92 Å². The molecule has 4 aliphatic carbocycles. The first-order chi connectivity index (χ1) is 20.0. The molecule has 4 fully saturated rings. The highest BCUT2D eigenvalue weighted by Gasteiger charge is 2.66. The van der Waals surface area contributed by atoms with Gasteiger partial charge in [-0.25, -0.2) is 0 Å². The lowest BCUT2D eigenvalue weighted by Crippen LogP contribution is -2.68. The van der Waals surface area contributed by atoms with E-state index in [1.54, 1.807) is 0 Å². The minimum absolute atomic E-state index is 0.00777. The van der Waals surface area contributed by atoms with Crippen LogP contribution in [0.15, 0.2) is 60.7 Å². The second-order valence-corrected chi connectivity index (χ2v) is 20.0. The van der Waals surface area contributed by atoms with Gasteiger partial charge in [-0.2, -0.15) is 0 Å². The zero-order chi connectivity index (χ0) is 29.9. The van der Waals surface area contributed by atoms with Crippen LogP contribution in [0.4, 0.5) is 0 Å². The smallest absolute Gasteiger partial charge is 0.261 e. The zero-order valence-corrected chi connectivity index (χ0v) is 27.5. The van der Waals surface area contributed by atoms with E-state index in [0.717, 1.165) is 38.5 Å². The summed E-state index contributed by atoms with van der Waals surface area (Å²) in [6.07, 6.45) is 7.54. The van der Waals surface area contributed by atoms with E-state index in [4.69, 9.17) is 4.43 Å². The lowest BCUT2D eigenvalue weighted by Gasteiger charge is -2.63. The molecule has 0 saturated heterocycles. The summed E-state index contributed by atoms with van der Waals surface area (Å²) in [5.41, 5.74) is -0.359. The van der Waals surface area contributed by atoms with Crippen LogP contribution in [0.3, 0.4) is 0 Å². The van der Waals surface area contributed by atoms with Gasteiger partial charge in [0.2, 0.25) is 0 Å². The highest BCUT2D eigenvalue weighted by molar-refractivity contribution is 6.99. The molecule has 0 bridgehead atoms. The van der Waals surface area contributed by atoms with E-state index in [2.05, 4.69) is 88.4 Å². The van der Waals surface area contributed by atoms with Crippen LogP contribution >= 0.6 is 0 Å². The van der Waals surface area contributed by atoms with Crippen LogP contribution in [-0.4, -0.2) is 48.6 Å². The van der Waals surface area contributed by atoms with Crippen molar-refractivity contribution in [3.8, 4) is 0 Å². The first kappa shape index (κ1) is 30.5. The van der Waals surface area contributed by atoms with Gasteiger partial charge in [0.25, 0.3) is 8.32 Å². The quantitative estimate of drug-likeness (QED) is 0.366. The summed E-state index contributed by atoms with van der Waals surface area (Å²) in [5.74, 6) is 1.87. The van der Waals surface area contributed by atoms with Crippen molar-refractivity contribution >= 4 is 18.7 Å². The molecule has 5 heteroatoms. The summed E-state index contributed by atoms with van der Waals surface area (Å²) in [7, 11) is -2.61. The summed E-state index contributed by atoms with van der Waals surface area (Å²) < 4.78 is 7.64. The van der Waals surface area contributed by atoms with Gasteiger partial charge in [0.05, 0.1) is 18.8 Å². The van der Waals surface area contributed by atoms with Crippen LogP contribution in [-0.2, 0) is 4.43 Å². The molecule has 0 unspecified atom stereocenters. The molecular weight excluding hydrogens is 536 g/mol. The van der Waals surface area contributed by atoms with Gasteiger partial charge in [0.15, 0.2) is 0 Å². The fourth-order valence-corrected chi connectivity index (χ4v) is 15.9. The van der Waals surface area contributed by atoms with Gasteiger partial charge in [-0.1, -0.05) is 88.4 Å². The van der Waals surface area contributed by atoms with E-state index < -0.39 is 25.9 Å². The molecule has 0 spiro atoms. The van der Waals surface area contributed by atoms with Gasteiger partial charge < -0.3 is 19.7 Å². The Morgan fingerprint density at radius 3 is 2.05 bits per heavy atom. The van der Waals surface area contributed by atoms with Crippen LogP contribution in [0.25, 0.3) is 0 Å². The van der Waals surface area contributed by atoms with E-state index >= 15 is 0 Å². The average molecular weight is 591 g/mol. The third-order valence-corrected chi connectivity index (χ3v) is 18.2. The molecule has 42 heavy (non-hydrogen) atoms. The maximum absolute atomic E-state index is 11.7. The van der Waals surface area contributed by atoms with Gasteiger partial charge in [0.1, 0.15) is 0 Å². The molecule has 4 nitrogen and oxygen atoms in total. The summed E-state index contributed by atoms with van der Waals surface area (Å²) >= 11 is 0. The zero-order valence-electron chi connectivity index (χ0n) is 26.5. The number of fused-ring (bicyclic) bond motifs is 5. The van der Waals surface area contributed by atoms with E-state index in [0.29, 0.717) is 23.7 Å². The number of aliphatic hydroxyl groups excluding tert-OH is 3. The van der Waals surface area contributed by atoms with Crippen LogP contribution in [0.2, 0.25) is 5.04 Å². The van der Waals surface area contributed by atoms with Crippen molar-refractivity contribution in [1.29, 1.82) is 0 Å². The number of hydrogen-bond donors (Lipinski definition) is 3. The van der Waals surface area contributed by atoms with Crippen molar-refractivity contribution in [2.75, 3.05) is 6.61 Å². The Balaban J connectivity index is 1.29. The lowest BCUT2D eigenvalue weighted by atomic mass is 9.43. The van der Waals surface area contributed by atoms with E-state index in [1.165, 1.54) is 23.2 Å².